The molecule has 0 spiro atoms. The third-order valence-electron chi connectivity index (χ3n) is 6.08. The van der Waals surface area contributed by atoms with E-state index in [4.69, 9.17) is 0 Å². The van der Waals surface area contributed by atoms with E-state index in [-0.39, 0.29) is 35.9 Å². The number of benzene rings is 1. The van der Waals surface area contributed by atoms with E-state index in [0.29, 0.717) is 17.4 Å². The standard InChI is InChI=1S/C19H22FNO2/c1-10(8-15(22)11-4-6-14(20)7-5-11)21-19(23)18-16-12-2-3-13(9-12)17(16)18/h4-7,10,12-13,16-18H,2-3,8-9H2,1H3,(H,21,23)/t10-,12+,13+,16+,17+/m1/s1. The summed E-state index contributed by atoms with van der Waals surface area (Å²) in [5, 5.41) is 3.02. The Hall–Kier alpha value is -1.71. The van der Waals surface area contributed by atoms with Crippen molar-refractivity contribution in [1.29, 1.82) is 0 Å². The first-order chi connectivity index (χ1) is 11.0. The zero-order valence-electron chi connectivity index (χ0n) is 13.3. The van der Waals surface area contributed by atoms with Gasteiger partial charge in [-0.15, -0.1) is 0 Å². The van der Waals surface area contributed by atoms with Crippen LogP contribution in [0.4, 0.5) is 4.39 Å². The van der Waals surface area contributed by atoms with Crippen LogP contribution in [0, 0.1) is 35.4 Å². The molecule has 3 aliphatic carbocycles. The molecule has 1 aromatic rings. The van der Waals surface area contributed by atoms with Gasteiger partial charge in [0.05, 0.1) is 0 Å². The molecule has 3 fully saturated rings. The van der Waals surface area contributed by atoms with Crippen LogP contribution in [0.25, 0.3) is 0 Å². The summed E-state index contributed by atoms with van der Waals surface area (Å²) in [6, 6.07) is 5.39. The number of carbonyl (C=O) groups excluding carboxylic acids is 2. The topological polar surface area (TPSA) is 46.2 Å². The minimum atomic E-state index is -0.349. The van der Waals surface area contributed by atoms with Gasteiger partial charge in [0.25, 0.3) is 0 Å². The fourth-order valence-electron chi connectivity index (χ4n) is 5.10. The molecule has 1 aromatic carbocycles. The van der Waals surface area contributed by atoms with Crippen LogP contribution in [-0.4, -0.2) is 17.7 Å². The van der Waals surface area contributed by atoms with Crippen molar-refractivity contribution < 1.29 is 14.0 Å². The van der Waals surface area contributed by atoms with Crippen LogP contribution in [-0.2, 0) is 4.79 Å². The summed E-state index contributed by atoms with van der Waals surface area (Å²) in [7, 11) is 0. The molecule has 3 nitrogen and oxygen atoms in total. The maximum absolute atomic E-state index is 12.9. The van der Waals surface area contributed by atoms with Crippen molar-refractivity contribution in [2.45, 2.75) is 38.6 Å². The second-order valence-corrected chi connectivity index (χ2v) is 7.56. The van der Waals surface area contributed by atoms with Crippen LogP contribution in [0.3, 0.4) is 0 Å². The largest absolute Gasteiger partial charge is 0.353 e. The lowest BCUT2D eigenvalue weighted by Gasteiger charge is -2.15. The number of fused-ring (bicyclic) bond motifs is 5. The average molecular weight is 315 g/mol. The molecule has 2 bridgehead atoms. The van der Waals surface area contributed by atoms with Crippen molar-refractivity contribution in [1.82, 2.24) is 5.32 Å². The maximum atomic E-state index is 12.9. The highest BCUT2D eigenvalue weighted by Crippen LogP contribution is 2.69. The number of amides is 1. The number of hydrogen-bond donors (Lipinski definition) is 1. The second-order valence-electron chi connectivity index (χ2n) is 7.56. The monoisotopic (exact) mass is 315 g/mol. The summed E-state index contributed by atoms with van der Waals surface area (Å²) in [5.74, 6) is 2.71. The highest BCUT2D eigenvalue weighted by Gasteiger charge is 2.67. The van der Waals surface area contributed by atoms with E-state index in [0.717, 1.165) is 11.8 Å². The Morgan fingerprint density at radius 1 is 1.17 bits per heavy atom. The van der Waals surface area contributed by atoms with E-state index in [1.165, 1.54) is 43.5 Å². The van der Waals surface area contributed by atoms with Gasteiger partial charge in [0.2, 0.25) is 5.91 Å². The molecular weight excluding hydrogens is 293 g/mol. The van der Waals surface area contributed by atoms with Gasteiger partial charge in [-0.1, -0.05) is 0 Å². The average Bonchev–Trinajstić information content (AvgIpc) is 2.96. The van der Waals surface area contributed by atoms with Crippen LogP contribution < -0.4 is 5.32 Å². The van der Waals surface area contributed by atoms with Gasteiger partial charge in [-0.25, -0.2) is 4.39 Å². The van der Waals surface area contributed by atoms with E-state index in [1.807, 2.05) is 6.92 Å². The summed E-state index contributed by atoms with van der Waals surface area (Å²) in [6.45, 7) is 1.87. The molecule has 0 unspecified atom stereocenters. The Kier molecular flexibility index (Phi) is 3.51. The van der Waals surface area contributed by atoms with Gasteiger partial charge in [0, 0.05) is 23.9 Å². The van der Waals surface area contributed by atoms with Crippen LogP contribution in [0.1, 0.15) is 43.0 Å². The first-order valence-corrected chi connectivity index (χ1v) is 8.63. The molecule has 23 heavy (non-hydrogen) atoms. The molecule has 4 rings (SSSR count). The number of Topliss-reactive ketones (excluding diaryl/α,β-unsaturated/α-hetero) is 1. The number of nitrogens with one attached hydrogen (secondary N) is 1. The Morgan fingerprint density at radius 3 is 2.39 bits per heavy atom. The molecule has 3 aliphatic rings. The molecule has 5 atom stereocenters. The summed E-state index contributed by atoms with van der Waals surface area (Å²) < 4.78 is 12.9. The summed E-state index contributed by atoms with van der Waals surface area (Å²) >= 11 is 0. The Bertz CT molecular complexity index is 625. The molecule has 0 heterocycles. The zero-order valence-corrected chi connectivity index (χ0v) is 13.3. The van der Waals surface area contributed by atoms with Crippen LogP contribution in [0.5, 0.6) is 0 Å². The Balaban J connectivity index is 1.30. The van der Waals surface area contributed by atoms with Crippen LogP contribution >= 0.6 is 0 Å². The van der Waals surface area contributed by atoms with Crippen molar-refractivity contribution in [3.8, 4) is 0 Å². The highest BCUT2D eigenvalue weighted by atomic mass is 19.1. The first kappa shape index (κ1) is 14.9. The molecule has 0 aromatic heterocycles. The quantitative estimate of drug-likeness (QED) is 0.848. The number of ketones is 1. The first-order valence-electron chi connectivity index (χ1n) is 8.63. The summed E-state index contributed by atoms with van der Waals surface area (Å²) in [5.41, 5.74) is 0.494. The van der Waals surface area contributed by atoms with E-state index in [2.05, 4.69) is 5.32 Å². The van der Waals surface area contributed by atoms with E-state index in [9.17, 15) is 14.0 Å². The predicted octanol–water partition coefficient (Wildman–Crippen LogP) is 3.20. The minimum absolute atomic E-state index is 0.0612. The molecule has 4 heteroatoms. The van der Waals surface area contributed by atoms with Crippen LogP contribution in [0.15, 0.2) is 24.3 Å². The van der Waals surface area contributed by atoms with Gasteiger partial charge in [0.1, 0.15) is 5.82 Å². The third kappa shape index (κ3) is 2.58. The molecule has 1 amide bonds. The van der Waals surface area contributed by atoms with Crippen molar-refractivity contribution in [2.24, 2.45) is 29.6 Å². The normalized spacial score (nSPS) is 34.8. The van der Waals surface area contributed by atoms with Gasteiger partial charge in [-0.2, -0.15) is 0 Å². The lowest BCUT2D eigenvalue weighted by Crippen LogP contribution is -2.36. The Morgan fingerprint density at radius 2 is 1.78 bits per heavy atom. The maximum Gasteiger partial charge on any atom is 0.223 e. The number of hydrogen-bond acceptors (Lipinski definition) is 2. The number of carbonyl (C=O) groups is 2. The fourth-order valence-corrected chi connectivity index (χ4v) is 5.10. The molecule has 122 valence electrons. The number of halogens is 1. The SMILES string of the molecule is C[C@H](CC(=O)c1ccc(F)cc1)NC(=O)C1[C@H]2[C@H]3CC[C@@H](C3)[C@H]12. The highest BCUT2D eigenvalue weighted by molar-refractivity contribution is 5.96. The third-order valence-corrected chi connectivity index (χ3v) is 6.08. The fraction of sp³-hybridized carbons (Fsp3) is 0.579. The smallest absolute Gasteiger partial charge is 0.223 e. The van der Waals surface area contributed by atoms with Crippen LogP contribution in [0.2, 0.25) is 0 Å². The molecule has 1 N–H and O–H groups in total. The van der Waals surface area contributed by atoms with Crippen molar-refractivity contribution in [3.63, 3.8) is 0 Å². The lowest BCUT2D eigenvalue weighted by molar-refractivity contribution is -0.123. The summed E-state index contributed by atoms with van der Waals surface area (Å²) in [4.78, 5) is 24.6. The Labute approximate surface area is 135 Å². The molecule has 0 aliphatic heterocycles. The second kappa shape index (κ2) is 5.43. The molecule has 3 saturated carbocycles. The van der Waals surface area contributed by atoms with E-state index in [1.54, 1.807) is 0 Å². The van der Waals surface area contributed by atoms with E-state index < -0.39 is 0 Å². The molecule has 0 radical (unpaired) electrons. The van der Waals surface area contributed by atoms with Gasteiger partial charge < -0.3 is 5.32 Å². The molecular formula is C19H22FNO2. The van der Waals surface area contributed by atoms with E-state index >= 15 is 0 Å². The zero-order chi connectivity index (χ0) is 16.1. The number of rotatable bonds is 5. The van der Waals surface area contributed by atoms with Crippen molar-refractivity contribution in [2.75, 3.05) is 0 Å². The minimum Gasteiger partial charge on any atom is -0.353 e. The summed E-state index contributed by atoms with van der Waals surface area (Å²) in [6.07, 6.45) is 4.19. The molecule has 0 saturated heterocycles. The lowest BCUT2D eigenvalue weighted by atomic mass is 10.0. The van der Waals surface area contributed by atoms with Crippen molar-refractivity contribution in [3.05, 3.63) is 35.6 Å². The predicted molar refractivity (Wildman–Crippen MR) is 84.3 cm³/mol. The van der Waals surface area contributed by atoms with Gasteiger partial charge >= 0.3 is 0 Å². The van der Waals surface area contributed by atoms with Gasteiger partial charge in [0.15, 0.2) is 5.78 Å². The van der Waals surface area contributed by atoms with Crippen molar-refractivity contribution >= 4 is 11.7 Å². The van der Waals surface area contributed by atoms with Gasteiger partial charge in [-0.05, 0) is 74.1 Å². The van der Waals surface area contributed by atoms with Gasteiger partial charge in [-0.3, -0.25) is 9.59 Å².